The number of carbonyl (C=O) groups excluding carboxylic acids is 3. The van der Waals surface area contributed by atoms with E-state index in [0.717, 1.165) is 16.7 Å². The standard InChI is InChI=1S/C26H19Cl2FN2O5S/c1-35-22-11-15(5-10-21(22)36-14-24(32)30-17-8-6-16(27)7-9-17)12-23-25(33)31(26(34)37-23)13-18-19(28)3-2-4-20(18)29/h2-12H,13-14H2,1H3,(H,30,32)/b23-12-. The number of thioether (sulfide) groups is 1. The topological polar surface area (TPSA) is 84.9 Å². The van der Waals surface area contributed by atoms with E-state index in [1.807, 2.05) is 0 Å². The van der Waals surface area contributed by atoms with E-state index in [-0.39, 0.29) is 34.6 Å². The van der Waals surface area contributed by atoms with Crippen molar-refractivity contribution < 1.29 is 28.2 Å². The largest absolute Gasteiger partial charge is 0.493 e. The van der Waals surface area contributed by atoms with Crippen LogP contribution in [-0.4, -0.2) is 35.7 Å². The van der Waals surface area contributed by atoms with Gasteiger partial charge in [-0.25, -0.2) is 4.39 Å². The normalized spacial score (nSPS) is 14.3. The summed E-state index contributed by atoms with van der Waals surface area (Å²) in [6.07, 6.45) is 1.52. The minimum Gasteiger partial charge on any atom is -0.493 e. The molecule has 0 saturated carbocycles. The first kappa shape index (κ1) is 26.5. The van der Waals surface area contributed by atoms with Crippen molar-refractivity contribution in [1.29, 1.82) is 0 Å². The first-order chi connectivity index (χ1) is 17.7. The van der Waals surface area contributed by atoms with Crippen LogP contribution in [0.5, 0.6) is 11.5 Å². The van der Waals surface area contributed by atoms with Crippen LogP contribution in [0.4, 0.5) is 14.9 Å². The fourth-order valence-electron chi connectivity index (χ4n) is 3.40. The number of benzene rings is 3. The Labute approximate surface area is 226 Å². The fourth-order valence-corrected chi connectivity index (χ4v) is 4.58. The van der Waals surface area contributed by atoms with Crippen molar-refractivity contribution in [2.75, 3.05) is 19.0 Å². The lowest BCUT2D eigenvalue weighted by Gasteiger charge is -2.14. The molecule has 4 rings (SSSR count). The highest BCUT2D eigenvalue weighted by molar-refractivity contribution is 8.18. The highest BCUT2D eigenvalue weighted by Gasteiger charge is 2.36. The SMILES string of the molecule is COc1cc(/C=C2\SC(=O)N(Cc3c(F)cccc3Cl)C2=O)ccc1OCC(=O)Nc1ccc(Cl)cc1. The molecule has 0 aromatic heterocycles. The maximum Gasteiger partial charge on any atom is 0.293 e. The molecule has 3 aromatic carbocycles. The highest BCUT2D eigenvalue weighted by atomic mass is 35.5. The van der Waals surface area contributed by atoms with Crippen LogP contribution in [0.25, 0.3) is 6.08 Å². The van der Waals surface area contributed by atoms with Crippen LogP contribution in [0.2, 0.25) is 10.0 Å². The summed E-state index contributed by atoms with van der Waals surface area (Å²) in [7, 11) is 1.44. The summed E-state index contributed by atoms with van der Waals surface area (Å²) in [5.41, 5.74) is 1.20. The number of ether oxygens (including phenoxy) is 2. The molecule has 0 bridgehead atoms. The molecule has 7 nitrogen and oxygen atoms in total. The zero-order valence-corrected chi connectivity index (χ0v) is 21.6. The maximum atomic E-state index is 14.1. The average molecular weight is 561 g/mol. The van der Waals surface area contributed by atoms with Gasteiger partial charge in [-0.1, -0.05) is 35.3 Å². The van der Waals surface area contributed by atoms with Crippen LogP contribution in [0.1, 0.15) is 11.1 Å². The first-order valence-corrected chi connectivity index (χ1v) is 12.4. The lowest BCUT2D eigenvalue weighted by Crippen LogP contribution is -2.28. The number of carbonyl (C=O) groups is 3. The number of halogens is 3. The van der Waals surface area contributed by atoms with Crippen LogP contribution in [0.15, 0.2) is 65.6 Å². The number of nitrogens with zero attached hydrogens (tertiary/aromatic N) is 1. The van der Waals surface area contributed by atoms with Crippen molar-refractivity contribution in [2.45, 2.75) is 6.54 Å². The summed E-state index contributed by atoms with van der Waals surface area (Å²) >= 11 is 12.6. The molecule has 0 aliphatic carbocycles. The van der Waals surface area contributed by atoms with Gasteiger partial charge in [0, 0.05) is 21.3 Å². The number of amides is 3. The number of imide groups is 1. The van der Waals surface area contributed by atoms with Crippen molar-refractivity contribution in [3.63, 3.8) is 0 Å². The maximum absolute atomic E-state index is 14.1. The number of hydrogen-bond acceptors (Lipinski definition) is 6. The number of hydrogen-bond donors (Lipinski definition) is 1. The Morgan fingerprint density at radius 3 is 2.54 bits per heavy atom. The molecule has 0 radical (unpaired) electrons. The smallest absolute Gasteiger partial charge is 0.293 e. The molecule has 1 saturated heterocycles. The van der Waals surface area contributed by atoms with Crippen LogP contribution in [0.3, 0.4) is 0 Å². The summed E-state index contributed by atoms with van der Waals surface area (Å²) in [4.78, 5) is 38.6. The number of anilines is 1. The highest BCUT2D eigenvalue weighted by Crippen LogP contribution is 2.36. The molecule has 1 aliphatic rings. The summed E-state index contributed by atoms with van der Waals surface area (Å²) in [5, 5.41) is 2.84. The van der Waals surface area contributed by atoms with Gasteiger partial charge in [0.05, 0.1) is 18.6 Å². The van der Waals surface area contributed by atoms with Crippen LogP contribution >= 0.6 is 35.0 Å². The van der Waals surface area contributed by atoms with E-state index in [9.17, 15) is 18.8 Å². The predicted molar refractivity (Wildman–Crippen MR) is 141 cm³/mol. The van der Waals surface area contributed by atoms with E-state index in [0.29, 0.717) is 27.8 Å². The van der Waals surface area contributed by atoms with Gasteiger partial charge in [-0.3, -0.25) is 19.3 Å². The van der Waals surface area contributed by atoms with Gasteiger partial charge in [0.2, 0.25) is 0 Å². The van der Waals surface area contributed by atoms with Crippen LogP contribution < -0.4 is 14.8 Å². The van der Waals surface area contributed by atoms with Crippen molar-refractivity contribution in [1.82, 2.24) is 4.90 Å². The van der Waals surface area contributed by atoms with E-state index in [1.165, 1.54) is 31.4 Å². The summed E-state index contributed by atoms with van der Waals surface area (Å²) in [5.74, 6) is -0.902. The minimum absolute atomic E-state index is 0.0657. The monoisotopic (exact) mass is 560 g/mol. The molecular weight excluding hydrogens is 542 g/mol. The van der Waals surface area contributed by atoms with Crippen molar-refractivity contribution in [3.8, 4) is 11.5 Å². The van der Waals surface area contributed by atoms with Crippen molar-refractivity contribution in [2.24, 2.45) is 0 Å². The van der Waals surface area contributed by atoms with E-state index >= 15 is 0 Å². The molecule has 37 heavy (non-hydrogen) atoms. The first-order valence-electron chi connectivity index (χ1n) is 10.8. The Kier molecular flexibility index (Phi) is 8.38. The Balaban J connectivity index is 1.43. The van der Waals surface area contributed by atoms with Crippen molar-refractivity contribution >= 4 is 63.8 Å². The second kappa shape index (κ2) is 11.7. The summed E-state index contributed by atoms with van der Waals surface area (Å²) < 4.78 is 25.1. The fraction of sp³-hybridized carbons (Fsp3) is 0.115. The zero-order valence-electron chi connectivity index (χ0n) is 19.3. The Morgan fingerprint density at radius 1 is 1.08 bits per heavy atom. The lowest BCUT2D eigenvalue weighted by atomic mass is 10.1. The van der Waals surface area contributed by atoms with Gasteiger partial charge in [0.25, 0.3) is 17.1 Å². The molecule has 3 aromatic rings. The second-order valence-electron chi connectivity index (χ2n) is 7.72. The van der Waals surface area contributed by atoms with Crippen LogP contribution in [-0.2, 0) is 16.1 Å². The lowest BCUT2D eigenvalue weighted by molar-refractivity contribution is -0.123. The Hall–Kier alpha value is -3.53. The molecule has 1 heterocycles. The second-order valence-corrected chi connectivity index (χ2v) is 9.56. The number of methoxy groups -OCH3 is 1. The van der Waals surface area contributed by atoms with E-state index in [2.05, 4.69) is 5.32 Å². The predicted octanol–water partition coefficient (Wildman–Crippen LogP) is 6.40. The Bertz CT molecular complexity index is 1380. The molecule has 190 valence electrons. The summed E-state index contributed by atoms with van der Waals surface area (Å²) in [6.45, 7) is -0.544. The number of nitrogens with one attached hydrogen (secondary N) is 1. The number of rotatable bonds is 8. The van der Waals surface area contributed by atoms with E-state index in [1.54, 1.807) is 42.5 Å². The zero-order chi connectivity index (χ0) is 26.5. The summed E-state index contributed by atoms with van der Waals surface area (Å²) in [6, 6.07) is 15.6. The van der Waals surface area contributed by atoms with E-state index in [4.69, 9.17) is 32.7 Å². The quantitative estimate of drug-likeness (QED) is 0.321. The van der Waals surface area contributed by atoms with Crippen LogP contribution in [0, 0.1) is 5.82 Å². The third kappa shape index (κ3) is 6.43. The van der Waals surface area contributed by atoms with Gasteiger partial charge >= 0.3 is 0 Å². The van der Waals surface area contributed by atoms with Gasteiger partial charge in [0.15, 0.2) is 18.1 Å². The Morgan fingerprint density at radius 2 is 1.84 bits per heavy atom. The molecule has 3 amide bonds. The molecule has 0 unspecified atom stereocenters. The molecule has 1 aliphatic heterocycles. The average Bonchev–Trinajstić information content (AvgIpc) is 3.13. The van der Waals surface area contributed by atoms with Gasteiger partial charge in [-0.05, 0) is 71.9 Å². The van der Waals surface area contributed by atoms with Gasteiger partial charge < -0.3 is 14.8 Å². The molecule has 0 spiro atoms. The molecular formula is C26H19Cl2FN2O5S. The van der Waals surface area contributed by atoms with Gasteiger partial charge in [-0.15, -0.1) is 0 Å². The van der Waals surface area contributed by atoms with Gasteiger partial charge in [-0.2, -0.15) is 0 Å². The molecule has 11 heteroatoms. The third-order valence-corrected chi connectivity index (χ3v) is 6.74. The van der Waals surface area contributed by atoms with Crippen molar-refractivity contribution in [3.05, 3.63) is 92.6 Å². The van der Waals surface area contributed by atoms with E-state index < -0.39 is 17.0 Å². The molecule has 0 atom stereocenters. The molecule has 1 N–H and O–H groups in total. The third-order valence-electron chi connectivity index (χ3n) is 5.22. The van der Waals surface area contributed by atoms with Gasteiger partial charge in [0.1, 0.15) is 5.82 Å². The molecule has 1 fully saturated rings. The minimum atomic E-state index is -0.599.